The molecule has 0 N–H and O–H groups in total. The minimum Gasteiger partial charge on any atom is -0.497 e. The largest absolute Gasteiger partial charge is 0.497 e. The predicted molar refractivity (Wildman–Crippen MR) is 105 cm³/mol. The fraction of sp³-hybridized carbons (Fsp3) is 0.217. The molecular formula is C23H24O3. The van der Waals surface area contributed by atoms with E-state index in [-0.39, 0.29) is 6.10 Å². The van der Waals surface area contributed by atoms with E-state index < -0.39 is 0 Å². The molecule has 0 fully saturated rings. The Kier molecular flexibility index (Phi) is 5.59. The van der Waals surface area contributed by atoms with Crippen LogP contribution in [-0.2, 0) is 11.2 Å². The van der Waals surface area contributed by atoms with Crippen LogP contribution in [0.4, 0.5) is 0 Å². The number of aryl methyl sites for hydroxylation is 1. The molecule has 0 radical (unpaired) electrons. The predicted octanol–water partition coefficient (Wildman–Crippen LogP) is 5.73. The van der Waals surface area contributed by atoms with Crippen LogP contribution in [0.15, 0.2) is 71.7 Å². The summed E-state index contributed by atoms with van der Waals surface area (Å²) in [5.74, 6) is 2.57. The second-order valence-corrected chi connectivity index (χ2v) is 6.13. The van der Waals surface area contributed by atoms with Gasteiger partial charge in [0.1, 0.15) is 23.4 Å². The molecule has 3 nitrogen and oxygen atoms in total. The SMILES string of the molecule is C=CCc1c(-c2ccccc2)oc(C)c1C(OC)c1ccc(OC)cc1. The van der Waals surface area contributed by atoms with E-state index >= 15 is 0 Å². The molecule has 0 aliphatic heterocycles. The summed E-state index contributed by atoms with van der Waals surface area (Å²) in [6.45, 7) is 5.91. The molecule has 3 rings (SSSR count). The molecule has 3 aromatic rings. The smallest absolute Gasteiger partial charge is 0.138 e. The third-order valence-electron chi connectivity index (χ3n) is 4.53. The van der Waals surface area contributed by atoms with Crippen molar-refractivity contribution in [1.29, 1.82) is 0 Å². The fourth-order valence-electron chi connectivity index (χ4n) is 3.32. The molecule has 0 amide bonds. The van der Waals surface area contributed by atoms with E-state index in [1.54, 1.807) is 14.2 Å². The molecule has 1 unspecified atom stereocenters. The highest BCUT2D eigenvalue weighted by molar-refractivity contribution is 5.65. The van der Waals surface area contributed by atoms with Gasteiger partial charge < -0.3 is 13.9 Å². The molecule has 0 saturated carbocycles. The zero-order chi connectivity index (χ0) is 18.5. The van der Waals surface area contributed by atoms with Gasteiger partial charge in [-0.2, -0.15) is 0 Å². The van der Waals surface area contributed by atoms with Gasteiger partial charge in [0.25, 0.3) is 0 Å². The Hall–Kier alpha value is -2.78. The lowest BCUT2D eigenvalue weighted by Crippen LogP contribution is -2.07. The minimum atomic E-state index is -0.211. The summed E-state index contributed by atoms with van der Waals surface area (Å²) in [6.07, 6.45) is 2.41. The summed E-state index contributed by atoms with van der Waals surface area (Å²) >= 11 is 0. The molecule has 3 heteroatoms. The van der Waals surface area contributed by atoms with Crippen LogP contribution < -0.4 is 4.74 Å². The first-order valence-electron chi connectivity index (χ1n) is 8.64. The molecule has 0 bridgehead atoms. The summed E-state index contributed by atoms with van der Waals surface area (Å²) in [5, 5.41) is 0. The standard InChI is InChI=1S/C23H24O3/c1-5-9-20-21(16(2)26-22(20)17-10-7-6-8-11-17)23(25-4)18-12-14-19(24-3)15-13-18/h5-8,10-15,23H,1,9H2,2-4H3. The summed E-state index contributed by atoms with van der Waals surface area (Å²) in [7, 11) is 3.39. The van der Waals surface area contributed by atoms with E-state index in [4.69, 9.17) is 13.9 Å². The van der Waals surface area contributed by atoms with Crippen LogP contribution in [0.25, 0.3) is 11.3 Å². The maximum atomic E-state index is 6.18. The number of ether oxygens (including phenoxy) is 2. The normalized spacial score (nSPS) is 12.0. The molecule has 26 heavy (non-hydrogen) atoms. The van der Waals surface area contributed by atoms with E-state index in [0.717, 1.165) is 39.5 Å². The van der Waals surface area contributed by atoms with E-state index in [2.05, 4.69) is 18.7 Å². The lowest BCUT2D eigenvalue weighted by atomic mass is 9.94. The summed E-state index contributed by atoms with van der Waals surface area (Å²) in [6, 6.07) is 18.1. The van der Waals surface area contributed by atoms with Gasteiger partial charge in [-0.15, -0.1) is 6.58 Å². The Labute approximate surface area is 154 Å². The Morgan fingerprint density at radius 2 is 1.73 bits per heavy atom. The minimum absolute atomic E-state index is 0.211. The van der Waals surface area contributed by atoms with Crippen molar-refractivity contribution < 1.29 is 13.9 Å². The average Bonchev–Trinajstić information content (AvgIpc) is 3.00. The van der Waals surface area contributed by atoms with Crippen molar-refractivity contribution in [2.75, 3.05) is 14.2 Å². The molecule has 0 aliphatic rings. The van der Waals surface area contributed by atoms with Gasteiger partial charge in [-0.1, -0.05) is 48.5 Å². The van der Waals surface area contributed by atoms with Gasteiger partial charge in [0.05, 0.1) is 7.11 Å². The highest BCUT2D eigenvalue weighted by Crippen LogP contribution is 2.39. The van der Waals surface area contributed by atoms with Crippen LogP contribution in [0.3, 0.4) is 0 Å². The monoisotopic (exact) mass is 348 g/mol. The van der Waals surface area contributed by atoms with Crippen LogP contribution in [0.2, 0.25) is 0 Å². The lowest BCUT2D eigenvalue weighted by molar-refractivity contribution is 0.134. The number of hydrogen-bond acceptors (Lipinski definition) is 3. The van der Waals surface area contributed by atoms with Crippen LogP contribution in [-0.4, -0.2) is 14.2 Å². The van der Waals surface area contributed by atoms with Gasteiger partial charge in [0, 0.05) is 23.8 Å². The highest BCUT2D eigenvalue weighted by atomic mass is 16.5. The zero-order valence-electron chi connectivity index (χ0n) is 15.5. The van der Waals surface area contributed by atoms with Gasteiger partial charge >= 0.3 is 0 Å². The quantitative estimate of drug-likeness (QED) is 0.511. The molecule has 1 atom stereocenters. The third-order valence-corrected chi connectivity index (χ3v) is 4.53. The average molecular weight is 348 g/mol. The van der Waals surface area contributed by atoms with Crippen LogP contribution >= 0.6 is 0 Å². The maximum Gasteiger partial charge on any atom is 0.138 e. The van der Waals surface area contributed by atoms with Gasteiger partial charge in [-0.25, -0.2) is 0 Å². The van der Waals surface area contributed by atoms with Crippen molar-refractivity contribution in [2.24, 2.45) is 0 Å². The van der Waals surface area contributed by atoms with E-state index in [9.17, 15) is 0 Å². The van der Waals surface area contributed by atoms with Crippen LogP contribution in [0.5, 0.6) is 5.75 Å². The van der Waals surface area contributed by atoms with E-state index in [0.29, 0.717) is 6.42 Å². The number of hydrogen-bond donors (Lipinski definition) is 0. The first kappa shape index (κ1) is 18.0. The molecule has 1 heterocycles. The molecular weight excluding hydrogens is 324 g/mol. The van der Waals surface area contributed by atoms with Crippen molar-refractivity contribution in [3.8, 4) is 17.1 Å². The summed E-state index contributed by atoms with van der Waals surface area (Å²) < 4.78 is 17.3. The first-order valence-corrected chi connectivity index (χ1v) is 8.64. The number of furan rings is 1. The van der Waals surface area contributed by atoms with Crippen molar-refractivity contribution in [1.82, 2.24) is 0 Å². The van der Waals surface area contributed by atoms with Crippen LogP contribution in [0, 0.1) is 6.92 Å². The van der Waals surface area contributed by atoms with Crippen molar-refractivity contribution in [3.05, 3.63) is 89.7 Å². The Balaban J connectivity index is 2.12. The number of rotatable bonds is 7. The second-order valence-electron chi connectivity index (χ2n) is 6.13. The number of allylic oxidation sites excluding steroid dienone is 1. The van der Waals surface area contributed by atoms with Crippen molar-refractivity contribution in [3.63, 3.8) is 0 Å². The Morgan fingerprint density at radius 3 is 2.31 bits per heavy atom. The zero-order valence-corrected chi connectivity index (χ0v) is 15.5. The van der Waals surface area contributed by atoms with Gasteiger partial charge in [-0.3, -0.25) is 0 Å². The Morgan fingerprint density at radius 1 is 1.04 bits per heavy atom. The highest BCUT2D eigenvalue weighted by Gasteiger charge is 2.26. The molecule has 0 aliphatic carbocycles. The Bertz CT molecular complexity index is 860. The van der Waals surface area contributed by atoms with Crippen molar-refractivity contribution in [2.45, 2.75) is 19.4 Å². The summed E-state index contributed by atoms with van der Waals surface area (Å²) in [5.41, 5.74) is 4.30. The van der Waals surface area contributed by atoms with E-state index in [1.165, 1.54) is 0 Å². The number of methoxy groups -OCH3 is 2. The van der Waals surface area contributed by atoms with Gasteiger partial charge in [-0.05, 0) is 31.0 Å². The summed E-state index contributed by atoms with van der Waals surface area (Å²) in [4.78, 5) is 0. The third kappa shape index (κ3) is 3.44. The maximum absolute atomic E-state index is 6.18. The molecule has 1 aromatic heterocycles. The topological polar surface area (TPSA) is 31.6 Å². The van der Waals surface area contributed by atoms with E-state index in [1.807, 2.05) is 55.5 Å². The fourth-order valence-corrected chi connectivity index (χ4v) is 3.32. The van der Waals surface area contributed by atoms with Crippen LogP contribution in [0.1, 0.15) is 28.6 Å². The molecule has 0 spiro atoms. The molecule has 2 aromatic carbocycles. The number of benzene rings is 2. The van der Waals surface area contributed by atoms with Crippen molar-refractivity contribution >= 4 is 0 Å². The lowest BCUT2D eigenvalue weighted by Gasteiger charge is -2.18. The second kappa shape index (κ2) is 8.07. The molecule has 0 saturated heterocycles. The molecule has 134 valence electrons. The first-order chi connectivity index (χ1) is 12.7. The van der Waals surface area contributed by atoms with Gasteiger partial charge in [0.15, 0.2) is 0 Å². The van der Waals surface area contributed by atoms with Gasteiger partial charge in [0.2, 0.25) is 0 Å².